The van der Waals surface area contributed by atoms with Crippen LogP contribution in [0, 0.1) is 0 Å². The van der Waals surface area contributed by atoms with Gasteiger partial charge in [-0.05, 0) is 37.7 Å². The maximum atomic E-state index is 4.83. The van der Waals surface area contributed by atoms with Crippen molar-refractivity contribution < 1.29 is 0 Å². The Hall–Kier alpha value is -1.16. The molecule has 0 radical (unpaired) electrons. The lowest BCUT2D eigenvalue weighted by molar-refractivity contribution is 0.684. The quantitative estimate of drug-likeness (QED) is 0.915. The third-order valence-corrected chi connectivity index (χ3v) is 5.31. The van der Waals surface area contributed by atoms with Crippen LogP contribution in [0.1, 0.15) is 55.3 Å². The molecule has 0 aromatic carbocycles. The molecule has 3 nitrogen and oxygen atoms in total. The Morgan fingerprint density at radius 1 is 1.26 bits per heavy atom. The lowest BCUT2D eigenvalue weighted by Crippen LogP contribution is -2.05. The predicted octanol–water partition coefficient (Wildman–Crippen LogP) is 4.13. The van der Waals surface area contributed by atoms with E-state index in [-0.39, 0.29) is 0 Å². The Bertz CT molecular complexity index is 603. The van der Waals surface area contributed by atoms with Crippen LogP contribution in [0.25, 0.3) is 10.2 Å². The van der Waals surface area contributed by atoms with Crippen molar-refractivity contribution in [1.29, 1.82) is 0 Å². The van der Waals surface area contributed by atoms with Crippen molar-refractivity contribution in [2.75, 3.05) is 12.4 Å². The maximum absolute atomic E-state index is 4.83. The van der Waals surface area contributed by atoms with E-state index in [2.05, 4.69) is 19.2 Å². The molecule has 1 aliphatic carbocycles. The zero-order chi connectivity index (χ0) is 13.4. The van der Waals surface area contributed by atoms with E-state index in [4.69, 9.17) is 9.97 Å². The van der Waals surface area contributed by atoms with Crippen LogP contribution < -0.4 is 5.32 Å². The molecular weight excluding hydrogens is 254 g/mol. The lowest BCUT2D eigenvalue weighted by atomic mass is 9.97. The van der Waals surface area contributed by atoms with Crippen LogP contribution in [0.15, 0.2) is 0 Å². The van der Waals surface area contributed by atoms with Gasteiger partial charge in [-0.2, -0.15) is 0 Å². The molecule has 2 aromatic heterocycles. The summed E-state index contributed by atoms with van der Waals surface area (Å²) in [4.78, 5) is 12.3. The number of hydrogen-bond donors (Lipinski definition) is 1. The predicted molar refractivity (Wildman–Crippen MR) is 82.3 cm³/mol. The second-order valence-corrected chi connectivity index (χ2v) is 6.46. The summed E-state index contributed by atoms with van der Waals surface area (Å²) in [5.41, 5.74) is 1.51. The van der Waals surface area contributed by atoms with Crippen molar-refractivity contribution in [2.24, 2.45) is 0 Å². The van der Waals surface area contributed by atoms with E-state index in [1.165, 1.54) is 46.3 Å². The number of nitrogens with zero attached hydrogens (tertiary/aromatic N) is 2. The van der Waals surface area contributed by atoms with Crippen LogP contribution >= 0.6 is 11.3 Å². The topological polar surface area (TPSA) is 37.8 Å². The molecule has 1 unspecified atom stereocenters. The zero-order valence-corrected chi connectivity index (χ0v) is 12.7. The first-order valence-corrected chi connectivity index (χ1v) is 8.06. The molecule has 1 N–H and O–H groups in total. The molecule has 0 spiro atoms. The second kappa shape index (κ2) is 5.08. The molecule has 0 saturated heterocycles. The van der Waals surface area contributed by atoms with Gasteiger partial charge in [-0.3, -0.25) is 0 Å². The van der Waals surface area contributed by atoms with Gasteiger partial charge in [0.25, 0.3) is 0 Å². The van der Waals surface area contributed by atoms with Crippen LogP contribution in [-0.4, -0.2) is 17.0 Å². The lowest BCUT2D eigenvalue weighted by Gasteiger charge is -2.13. The van der Waals surface area contributed by atoms with Gasteiger partial charge in [0.1, 0.15) is 16.5 Å². The SMILES string of the molecule is CCC(C)c1nc(NC)c2c3c(sc2n1)CCCC3. The van der Waals surface area contributed by atoms with E-state index in [1.807, 2.05) is 18.4 Å². The van der Waals surface area contributed by atoms with Gasteiger partial charge in [0.05, 0.1) is 5.39 Å². The van der Waals surface area contributed by atoms with Crippen molar-refractivity contribution in [3.8, 4) is 0 Å². The van der Waals surface area contributed by atoms with Gasteiger partial charge in [0, 0.05) is 17.8 Å². The summed E-state index contributed by atoms with van der Waals surface area (Å²) in [6, 6.07) is 0. The first kappa shape index (κ1) is 12.9. The molecule has 0 amide bonds. The summed E-state index contributed by atoms with van der Waals surface area (Å²) >= 11 is 1.88. The molecule has 0 saturated carbocycles. The minimum Gasteiger partial charge on any atom is -0.372 e. The molecule has 1 aliphatic rings. The Morgan fingerprint density at radius 2 is 2.05 bits per heavy atom. The summed E-state index contributed by atoms with van der Waals surface area (Å²) in [5, 5.41) is 4.57. The summed E-state index contributed by atoms with van der Waals surface area (Å²) in [6.45, 7) is 4.39. The minimum atomic E-state index is 0.427. The van der Waals surface area contributed by atoms with E-state index in [9.17, 15) is 0 Å². The molecule has 19 heavy (non-hydrogen) atoms. The van der Waals surface area contributed by atoms with Gasteiger partial charge in [0.2, 0.25) is 0 Å². The molecule has 3 rings (SSSR count). The van der Waals surface area contributed by atoms with Crippen LogP contribution in [0.3, 0.4) is 0 Å². The van der Waals surface area contributed by atoms with E-state index in [0.717, 1.165) is 18.1 Å². The monoisotopic (exact) mass is 275 g/mol. The van der Waals surface area contributed by atoms with Gasteiger partial charge < -0.3 is 5.32 Å². The van der Waals surface area contributed by atoms with Crippen LogP contribution in [-0.2, 0) is 12.8 Å². The number of hydrogen-bond acceptors (Lipinski definition) is 4. The third-order valence-electron chi connectivity index (χ3n) is 4.12. The smallest absolute Gasteiger partial charge is 0.138 e. The Labute approximate surface area is 118 Å². The van der Waals surface area contributed by atoms with Crippen molar-refractivity contribution in [1.82, 2.24) is 9.97 Å². The van der Waals surface area contributed by atoms with Gasteiger partial charge in [-0.1, -0.05) is 13.8 Å². The van der Waals surface area contributed by atoms with E-state index >= 15 is 0 Å². The van der Waals surface area contributed by atoms with Crippen molar-refractivity contribution in [3.05, 3.63) is 16.3 Å². The number of aryl methyl sites for hydroxylation is 2. The van der Waals surface area contributed by atoms with Crippen LogP contribution in [0.5, 0.6) is 0 Å². The first-order valence-electron chi connectivity index (χ1n) is 7.24. The molecule has 4 heteroatoms. The highest BCUT2D eigenvalue weighted by Gasteiger charge is 2.21. The fourth-order valence-corrected chi connectivity index (χ4v) is 4.03. The van der Waals surface area contributed by atoms with Gasteiger partial charge >= 0.3 is 0 Å². The number of aromatic nitrogens is 2. The Balaban J connectivity index is 2.22. The average molecular weight is 275 g/mol. The molecule has 0 bridgehead atoms. The number of thiophene rings is 1. The number of rotatable bonds is 3. The molecule has 0 fully saturated rings. The van der Waals surface area contributed by atoms with E-state index in [1.54, 1.807) is 0 Å². The van der Waals surface area contributed by atoms with Crippen molar-refractivity contribution in [2.45, 2.75) is 51.9 Å². The van der Waals surface area contributed by atoms with Crippen molar-refractivity contribution in [3.63, 3.8) is 0 Å². The molecule has 2 heterocycles. The van der Waals surface area contributed by atoms with Crippen LogP contribution in [0.4, 0.5) is 5.82 Å². The maximum Gasteiger partial charge on any atom is 0.138 e. The summed E-state index contributed by atoms with van der Waals surface area (Å²) in [5.74, 6) is 2.44. The summed E-state index contributed by atoms with van der Waals surface area (Å²) in [7, 11) is 1.97. The Kier molecular flexibility index (Phi) is 3.44. The standard InChI is InChI=1S/C15H21N3S/c1-4-9(2)13-17-14(16-3)12-10-7-5-6-8-11(10)19-15(12)18-13/h9H,4-8H2,1-3H3,(H,16,17,18). The highest BCUT2D eigenvalue weighted by molar-refractivity contribution is 7.19. The van der Waals surface area contributed by atoms with E-state index in [0.29, 0.717) is 5.92 Å². The van der Waals surface area contributed by atoms with Crippen LogP contribution in [0.2, 0.25) is 0 Å². The normalized spacial score (nSPS) is 16.4. The Morgan fingerprint density at radius 3 is 2.79 bits per heavy atom. The highest BCUT2D eigenvalue weighted by Crippen LogP contribution is 2.39. The summed E-state index contributed by atoms with van der Waals surface area (Å²) < 4.78 is 0. The molecule has 0 aliphatic heterocycles. The highest BCUT2D eigenvalue weighted by atomic mass is 32.1. The average Bonchev–Trinajstić information content (AvgIpc) is 2.83. The van der Waals surface area contributed by atoms with E-state index < -0.39 is 0 Å². The molecule has 2 aromatic rings. The number of fused-ring (bicyclic) bond motifs is 3. The van der Waals surface area contributed by atoms with Gasteiger partial charge in [0.15, 0.2) is 0 Å². The first-order chi connectivity index (χ1) is 9.24. The second-order valence-electron chi connectivity index (χ2n) is 5.38. The summed E-state index contributed by atoms with van der Waals surface area (Å²) in [6.07, 6.45) is 6.11. The van der Waals surface area contributed by atoms with Gasteiger partial charge in [-0.25, -0.2) is 9.97 Å². The molecule has 102 valence electrons. The fourth-order valence-electron chi connectivity index (χ4n) is 2.76. The number of anilines is 1. The molecular formula is C15H21N3S. The zero-order valence-electron chi connectivity index (χ0n) is 11.9. The number of nitrogens with one attached hydrogen (secondary N) is 1. The minimum absolute atomic E-state index is 0.427. The van der Waals surface area contributed by atoms with Gasteiger partial charge in [-0.15, -0.1) is 11.3 Å². The largest absolute Gasteiger partial charge is 0.372 e. The fraction of sp³-hybridized carbons (Fsp3) is 0.600. The molecule has 1 atom stereocenters. The third kappa shape index (κ3) is 2.12. The van der Waals surface area contributed by atoms with Crippen molar-refractivity contribution >= 4 is 27.4 Å².